The predicted octanol–water partition coefficient (Wildman–Crippen LogP) is 2.81. The first kappa shape index (κ1) is 17.9. The molecule has 0 atom stereocenters. The molecule has 130 valence electrons. The zero-order valence-corrected chi connectivity index (χ0v) is 15.1. The number of aromatic nitrogens is 3. The van der Waals surface area contributed by atoms with Crippen LogP contribution in [0, 0.1) is 0 Å². The number of nitrogens with zero attached hydrogens (tertiary/aromatic N) is 5. The molecule has 1 aromatic heterocycles. The quantitative estimate of drug-likeness (QED) is 0.722. The van der Waals surface area contributed by atoms with Crippen LogP contribution in [-0.2, 0) is 0 Å². The smallest absolute Gasteiger partial charge is 0.181 e. The molecule has 0 spiro atoms. The van der Waals surface area contributed by atoms with Crippen molar-refractivity contribution in [3.8, 4) is 0 Å². The zero-order valence-electron chi connectivity index (χ0n) is 15.1. The van der Waals surface area contributed by atoms with Crippen LogP contribution < -0.4 is 20.7 Å². The standard InChI is InChI=1S/C17H27N7/c1-6-24(7-2)15-10-8-9-14(11-15)19-17-16(12-18-22-20-17)23(5)21-13(3)4/h8-13,21H,6-7H2,1-5H3,(H,18,19,20). The van der Waals surface area contributed by atoms with E-state index in [-0.39, 0.29) is 0 Å². The number of benzene rings is 1. The van der Waals surface area contributed by atoms with Crippen molar-refractivity contribution in [2.24, 2.45) is 0 Å². The summed E-state index contributed by atoms with van der Waals surface area (Å²) in [6, 6.07) is 8.61. The van der Waals surface area contributed by atoms with Crippen molar-refractivity contribution in [2.45, 2.75) is 33.7 Å². The Morgan fingerprint density at radius 3 is 2.58 bits per heavy atom. The van der Waals surface area contributed by atoms with Crippen molar-refractivity contribution < 1.29 is 0 Å². The molecule has 0 saturated carbocycles. The fourth-order valence-electron chi connectivity index (χ4n) is 2.56. The van der Waals surface area contributed by atoms with Crippen LogP contribution in [0.5, 0.6) is 0 Å². The molecule has 0 unspecified atom stereocenters. The van der Waals surface area contributed by atoms with Gasteiger partial charge in [0, 0.05) is 37.6 Å². The molecule has 1 aromatic carbocycles. The van der Waals surface area contributed by atoms with Gasteiger partial charge in [-0.2, -0.15) is 0 Å². The van der Waals surface area contributed by atoms with Crippen LogP contribution in [0.3, 0.4) is 0 Å². The highest BCUT2D eigenvalue weighted by atomic mass is 15.5. The monoisotopic (exact) mass is 329 g/mol. The topological polar surface area (TPSA) is 69.2 Å². The van der Waals surface area contributed by atoms with Crippen molar-refractivity contribution in [1.82, 2.24) is 20.8 Å². The van der Waals surface area contributed by atoms with Crippen molar-refractivity contribution in [2.75, 3.05) is 35.4 Å². The molecule has 2 rings (SSSR count). The second-order valence-corrected chi connectivity index (χ2v) is 5.86. The first-order valence-corrected chi connectivity index (χ1v) is 8.35. The molecule has 0 fully saturated rings. The van der Waals surface area contributed by atoms with Crippen LogP contribution in [0.1, 0.15) is 27.7 Å². The fourth-order valence-corrected chi connectivity index (χ4v) is 2.56. The third-order valence-electron chi connectivity index (χ3n) is 3.67. The summed E-state index contributed by atoms with van der Waals surface area (Å²) in [4.78, 5) is 2.30. The van der Waals surface area contributed by atoms with Crippen LogP contribution in [0.25, 0.3) is 0 Å². The molecular formula is C17H27N7. The van der Waals surface area contributed by atoms with Crippen LogP contribution in [0.4, 0.5) is 22.9 Å². The van der Waals surface area contributed by atoms with Gasteiger partial charge >= 0.3 is 0 Å². The van der Waals surface area contributed by atoms with Gasteiger partial charge in [-0.1, -0.05) is 6.07 Å². The predicted molar refractivity (Wildman–Crippen MR) is 99.8 cm³/mol. The number of rotatable bonds is 8. The Balaban J connectivity index is 2.24. The van der Waals surface area contributed by atoms with Crippen molar-refractivity contribution in [1.29, 1.82) is 0 Å². The van der Waals surface area contributed by atoms with Gasteiger partial charge in [0.05, 0.1) is 6.20 Å². The van der Waals surface area contributed by atoms with Gasteiger partial charge in [-0.15, -0.1) is 10.2 Å². The Labute approximate surface area is 144 Å². The Bertz CT molecular complexity index is 640. The van der Waals surface area contributed by atoms with Gasteiger partial charge in [-0.05, 0) is 51.1 Å². The average Bonchev–Trinajstić information content (AvgIpc) is 2.56. The second kappa shape index (κ2) is 8.44. The Morgan fingerprint density at radius 2 is 1.92 bits per heavy atom. The van der Waals surface area contributed by atoms with Gasteiger partial charge in [0.15, 0.2) is 5.82 Å². The molecule has 1 heterocycles. The summed E-state index contributed by atoms with van der Waals surface area (Å²) in [6.07, 6.45) is 1.69. The largest absolute Gasteiger partial charge is 0.372 e. The van der Waals surface area contributed by atoms with E-state index < -0.39 is 0 Å². The third-order valence-corrected chi connectivity index (χ3v) is 3.67. The maximum atomic E-state index is 4.15. The molecule has 0 aliphatic carbocycles. The molecule has 0 saturated heterocycles. The summed E-state index contributed by atoms with van der Waals surface area (Å²) in [6.45, 7) is 10.4. The second-order valence-electron chi connectivity index (χ2n) is 5.86. The van der Waals surface area contributed by atoms with E-state index in [1.54, 1.807) is 6.20 Å². The highest BCUT2D eigenvalue weighted by Gasteiger charge is 2.12. The molecule has 2 aromatic rings. The third kappa shape index (κ3) is 4.55. The first-order valence-electron chi connectivity index (χ1n) is 8.35. The minimum Gasteiger partial charge on any atom is -0.372 e. The highest BCUT2D eigenvalue weighted by Crippen LogP contribution is 2.26. The molecule has 0 bridgehead atoms. The van der Waals surface area contributed by atoms with Crippen molar-refractivity contribution in [3.05, 3.63) is 30.5 Å². The summed E-state index contributed by atoms with van der Waals surface area (Å²) in [5, 5.41) is 17.1. The van der Waals surface area contributed by atoms with E-state index in [9.17, 15) is 0 Å². The van der Waals surface area contributed by atoms with Gasteiger partial charge in [0.2, 0.25) is 0 Å². The molecule has 0 radical (unpaired) electrons. The molecule has 0 amide bonds. The lowest BCUT2D eigenvalue weighted by Gasteiger charge is -2.24. The van der Waals surface area contributed by atoms with Crippen LogP contribution in [0.15, 0.2) is 30.5 Å². The van der Waals surface area contributed by atoms with Gasteiger partial charge in [0.1, 0.15) is 5.69 Å². The maximum Gasteiger partial charge on any atom is 0.181 e. The average molecular weight is 329 g/mol. The van der Waals surface area contributed by atoms with E-state index in [1.165, 1.54) is 5.69 Å². The van der Waals surface area contributed by atoms with E-state index in [0.29, 0.717) is 11.9 Å². The molecule has 7 heteroatoms. The Hall–Kier alpha value is -2.41. The number of nitrogens with one attached hydrogen (secondary N) is 2. The van der Waals surface area contributed by atoms with Crippen molar-refractivity contribution in [3.63, 3.8) is 0 Å². The molecule has 24 heavy (non-hydrogen) atoms. The minimum atomic E-state index is 0.307. The summed E-state index contributed by atoms with van der Waals surface area (Å²) < 4.78 is 0. The highest BCUT2D eigenvalue weighted by molar-refractivity contribution is 5.71. The first-order chi connectivity index (χ1) is 11.5. The van der Waals surface area contributed by atoms with E-state index in [4.69, 9.17) is 0 Å². The number of hydrazine groups is 1. The number of anilines is 4. The van der Waals surface area contributed by atoms with E-state index in [1.807, 2.05) is 24.2 Å². The van der Waals surface area contributed by atoms with Crippen LogP contribution in [0.2, 0.25) is 0 Å². The zero-order chi connectivity index (χ0) is 17.5. The van der Waals surface area contributed by atoms with Crippen molar-refractivity contribution >= 4 is 22.9 Å². The van der Waals surface area contributed by atoms with Gasteiger partial charge in [0.25, 0.3) is 0 Å². The van der Waals surface area contributed by atoms with E-state index in [0.717, 1.165) is 24.5 Å². The van der Waals surface area contributed by atoms with Gasteiger partial charge in [-0.3, -0.25) is 0 Å². The van der Waals surface area contributed by atoms with E-state index >= 15 is 0 Å². The number of hydrogen-bond acceptors (Lipinski definition) is 7. The Morgan fingerprint density at radius 1 is 1.17 bits per heavy atom. The van der Waals surface area contributed by atoms with E-state index in [2.05, 4.69) is 70.9 Å². The molecule has 7 nitrogen and oxygen atoms in total. The summed E-state index contributed by atoms with van der Waals surface area (Å²) in [7, 11) is 1.94. The number of hydrogen-bond donors (Lipinski definition) is 2. The van der Waals surface area contributed by atoms with Gasteiger partial charge < -0.3 is 15.2 Å². The fraction of sp³-hybridized carbons (Fsp3) is 0.471. The maximum absolute atomic E-state index is 4.15. The SMILES string of the molecule is CCN(CC)c1cccc(Nc2nnncc2N(C)NC(C)C)c1. The molecule has 0 aliphatic heterocycles. The lowest BCUT2D eigenvalue weighted by Crippen LogP contribution is -2.39. The normalized spacial score (nSPS) is 10.8. The minimum absolute atomic E-state index is 0.307. The van der Waals surface area contributed by atoms with Gasteiger partial charge in [-0.25, -0.2) is 5.43 Å². The molecular weight excluding hydrogens is 302 g/mol. The summed E-state index contributed by atoms with van der Waals surface area (Å²) in [5.41, 5.74) is 6.30. The molecule has 0 aliphatic rings. The molecule has 2 N–H and O–H groups in total. The lowest BCUT2D eigenvalue weighted by atomic mass is 10.2. The lowest BCUT2D eigenvalue weighted by molar-refractivity contribution is 0.578. The van der Waals surface area contributed by atoms with Crippen LogP contribution >= 0.6 is 0 Å². The summed E-state index contributed by atoms with van der Waals surface area (Å²) >= 11 is 0. The summed E-state index contributed by atoms with van der Waals surface area (Å²) in [5.74, 6) is 0.664. The van der Waals surface area contributed by atoms with Crippen LogP contribution in [-0.4, -0.2) is 41.6 Å². The Kier molecular flexibility index (Phi) is 6.31.